The molecule has 0 atom stereocenters. The van der Waals surface area contributed by atoms with Crippen molar-refractivity contribution in [3.63, 3.8) is 0 Å². The van der Waals surface area contributed by atoms with Crippen LogP contribution in [0.5, 0.6) is 0 Å². The topological polar surface area (TPSA) is 53.7 Å². The van der Waals surface area contributed by atoms with Crippen molar-refractivity contribution in [1.29, 1.82) is 5.41 Å². The molecule has 80 valence electrons. The number of amidine groups is 1. The summed E-state index contributed by atoms with van der Waals surface area (Å²) in [6, 6.07) is 0.566. The van der Waals surface area contributed by atoms with E-state index in [9.17, 15) is 0 Å². The van der Waals surface area contributed by atoms with Crippen molar-refractivity contribution < 1.29 is 0 Å². The van der Waals surface area contributed by atoms with Gasteiger partial charge in [0.25, 0.3) is 0 Å². The third-order valence-corrected chi connectivity index (χ3v) is 2.55. The molecule has 0 aliphatic heterocycles. The van der Waals surface area contributed by atoms with E-state index in [1.54, 1.807) is 6.20 Å². The Morgan fingerprint density at radius 1 is 1.67 bits per heavy atom. The Labute approximate surface area is 89.5 Å². The summed E-state index contributed by atoms with van der Waals surface area (Å²) >= 11 is 0. The average molecular weight is 204 g/mol. The van der Waals surface area contributed by atoms with Gasteiger partial charge in [0.05, 0.1) is 17.8 Å². The summed E-state index contributed by atoms with van der Waals surface area (Å²) in [5.41, 5.74) is 2.71. The van der Waals surface area contributed by atoms with Gasteiger partial charge in [-0.1, -0.05) is 6.58 Å². The van der Waals surface area contributed by atoms with Crippen LogP contribution in [0, 0.1) is 12.3 Å². The number of hydrogen-bond acceptors (Lipinski definition) is 2. The summed E-state index contributed by atoms with van der Waals surface area (Å²) in [6.07, 6.45) is 4.18. The number of hydrogen-bond donors (Lipinski definition) is 2. The zero-order valence-corrected chi connectivity index (χ0v) is 9.17. The van der Waals surface area contributed by atoms with E-state index in [-0.39, 0.29) is 0 Å². The molecule has 1 saturated carbocycles. The van der Waals surface area contributed by atoms with E-state index < -0.39 is 0 Å². The molecule has 1 aliphatic carbocycles. The molecular formula is C11H16N4. The molecule has 1 heterocycles. The van der Waals surface area contributed by atoms with E-state index in [4.69, 9.17) is 5.41 Å². The Bertz CT molecular complexity index is 412. The van der Waals surface area contributed by atoms with Gasteiger partial charge in [-0.05, 0) is 26.7 Å². The van der Waals surface area contributed by atoms with Gasteiger partial charge in [0.1, 0.15) is 5.84 Å². The molecule has 1 aliphatic rings. The lowest BCUT2D eigenvalue weighted by Gasteiger charge is -2.07. The lowest BCUT2D eigenvalue weighted by molar-refractivity contribution is 0.622. The summed E-state index contributed by atoms with van der Waals surface area (Å²) in [6.45, 7) is 7.58. The second-order valence-corrected chi connectivity index (χ2v) is 4.10. The average Bonchev–Trinajstić information content (AvgIpc) is 2.89. The molecule has 4 heteroatoms. The number of allylic oxidation sites excluding steroid dienone is 1. The zero-order chi connectivity index (χ0) is 11.0. The van der Waals surface area contributed by atoms with Crippen molar-refractivity contribution in [3.05, 3.63) is 29.7 Å². The van der Waals surface area contributed by atoms with Crippen molar-refractivity contribution in [2.24, 2.45) is 0 Å². The second kappa shape index (κ2) is 3.53. The molecule has 0 radical (unpaired) electrons. The monoisotopic (exact) mass is 204 g/mol. The Morgan fingerprint density at radius 3 is 2.87 bits per heavy atom. The van der Waals surface area contributed by atoms with Crippen LogP contribution in [0.2, 0.25) is 0 Å². The van der Waals surface area contributed by atoms with Crippen molar-refractivity contribution in [2.45, 2.75) is 32.7 Å². The Morgan fingerprint density at radius 2 is 2.33 bits per heavy atom. The molecule has 0 aromatic carbocycles. The smallest absolute Gasteiger partial charge is 0.133 e. The van der Waals surface area contributed by atoms with Gasteiger partial charge in [-0.2, -0.15) is 5.10 Å². The molecule has 1 aromatic heterocycles. The number of nitrogens with one attached hydrogen (secondary N) is 2. The Balaban J connectivity index is 2.21. The largest absolute Gasteiger partial charge is 0.345 e. The minimum absolute atomic E-state index is 0.381. The normalized spacial score (nSPS) is 15.1. The molecule has 0 unspecified atom stereocenters. The summed E-state index contributed by atoms with van der Waals surface area (Å²) < 4.78 is 2.02. The second-order valence-electron chi connectivity index (χ2n) is 4.10. The van der Waals surface area contributed by atoms with Gasteiger partial charge in [0.2, 0.25) is 0 Å². The van der Waals surface area contributed by atoms with Crippen LogP contribution in [-0.4, -0.2) is 15.6 Å². The fourth-order valence-electron chi connectivity index (χ4n) is 1.64. The number of aromatic nitrogens is 2. The van der Waals surface area contributed by atoms with Gasteiger partial charge in [-0.15, -0.1) is 0 Å². The summed E-state index contributed by atoms with van der Waals surface area (Å²) in [5, 5.41) is 15.1. The van der Waals surface area contributed by atoms with Crippen molar-refractivity contribution >= 4 is 5.84 Å². The quantitative estimate of drug-likeness (QED) is 0.584. The number of rotatable bonds is 3. The summed E-state index contributed by atoms with van der Waals surface area (Å²) in [4.78, 5) is 0. The fraction of sp³-hybridized carbons (Fsp3) is 0.455. The van der Waals surface area contributed by atoms with Crippen LogP contribution in [0.4, 0.5) is 0 Å². The maximum Gasteiger partial charge on any atom is 0.133 e. The molecule has 15 heavy (non-hydrogen) atoms. The third kappa shape index (κ3) is 1.93. The summed E-state index contributed by atoms with van der Waals surface area (Å²) in [5.74, 6) is 0.381. The molecule has 1 fully saturated rings. The lowest BCUT2D eigenvalue weighted by atomic mass is 10.2. The lowest BCUT2D eigenvalue weighted by Crippen LogP contribution is -2.21. The molecule has 0 amide bonds. The van der Waals surface area contributed by atoms with E-state index in [0.29, 0.717) is 11.9 Å². The maximum absolute atomic E-state index is 7.85. The predicted molar refractivity (Wildman–Crippen MR) is 60.0 cm³/mol. The van der Waals surface area contributed by atoms with Crippen LogP contribution in [0.25, 0.3) is 0 Å². The van der Waals surface area contributed by atoms with Crippen LogP contribution in [0.3, 0.4) is 0 Å². The van der Waals surface area contributed by atoms with Crippen LogP contribution in [-0.2, 0) is 0 Å². The van der Waals surface area contributed by atoms with Crippen molar-refractivity contribution in [3.8, 4) is 0 Å². The van der Waals surface area contributed by atoms with E-state index in [0.717, 1.165) is 17.0 Å². The first kappa shape index (κ1) is 9.96. The standard InChI is InChI=1S/C11H16N4/c1-7(2)14-11(12)10-6-13-15(8(10)3)9-4-5-9/h6,9H,1,4-5H2,2-3H3,(H2,12,14). The van der Waals surface area contributed by atoms with Gasteiger partial charge in [-0.25, -0.2) is 0 Å². The Hall–Kier alpha value is -1.58. The Kier molecular flexibility index (Phi) is 2.34. The van der Waals surface area contributed by atoms with Gasteiger partial charge < -0.3 is 5.32 Å². The fourth-order valence-corrected chi connectivity index (χ4v) is 1.64. The predicted octanol–water partition coefficient (Wildman–Crippen LogP) is 1.97. The van der Waals surface area contributed by atoms with E-state index in [2.05, 4.69) is 17.0 Å². The molecule has 0 bridgehead atoms. The first-order valence-electron chi connectivity index (χ1n) is 5.15. The van der Waals surface area contributed by atoms with E-state index in [1.165, 1.54) is 12.8 Å². The van der Waals surface area contributed by atoms with E-state index in [1.807, 2.05) is 18.5 Å². The SMILES string of the molecule is C=C(C)NC(=N)c1cnn(C2CC2)c1C. The molecule has 0 spiro atoms. The highest BCUT2D eigenvalue weighted by molar-refractivity contribution is 5.98. The minimum Gasteiger partial charge on any atom is -0.345 e. The molecular weight excluding hydrogens is 188 g/mol. The molecule has 4 nitrogen and oxygen atoms in total. The first-order valence-corrected chi connectivity index (χ1v) is 5.15. The molecule has 2 N–H and O–H groups in total. The highest BCUT2D eigenvalue weighted by Crippen LogP contribution is 2.35. The van der Waals surface area contributed by atoms with Crippen molar-refractivity contribution in [1.82, 2.24) is 15.1 Å². The first-order chi connectivity index (χ1) is 7.09. The van der Waals surface area contributed by atoms with Crippen LogP contribution < -0.4 is 5.32 Å². The van der Waals surface area contributed by atoms with Gasteiger partial charge in [0.15, 0.2) is 0 Å². The van der Waals surface area contributed by atoms with Crippen LogP contribution in [0.1, 0.15) is 37.1 Å². The van der Waals surface area contributed by atoms with Crippen LogP contribution >= 0.6 is 0 Å². The molecule has 0 saturated heterocycles. The highest BCUT2D eigenvalue weighted by Gasteiger charge is 2.27. The van der Waals surface area contributed by atoms with Crippen molar-refractivity contribution in [2.75, 3.05) is 0 Å². The highest BCUT2D eigenvalue weighted by atomic mass is 15.3. The number of nitrogens with zero attached hydrogens (tertiary/aromatic N) is 2. The maximum atomic E-state index is 7.85. The molecule has 2 rings (SSSR count). The molecule has 1 aromatic rings. The third-order valence-electron chi connectivity index (χ3n) is 2.55. The zero-order valence-electron chi connectivity index (χ0n) is 9.17. The van der Waals surface area contributed by atoms with E-state index >= 15 is 0 Å². The summed E-state index contributed by atoms with van der Waals surface area (Å²) in [7, 11) is 0. The minimum atomic E-state index is 0.381. The van der Waals surface area contributed by atoms with Crippen LogP contribution in [0.15, 0.2) is 18.5 Å². The van der Waals surface area contributed by atoms with Gasteiger partial charge in [-0.3, -0.25) is 10.1 Å². The van der Waals surface area contributed by atoms with Gasteiger partial charge >= 0.3 is 0 Å². The van der Waals surface area contributed by atoms with Gasteiger partial charge in [0, 0.05) is 11.4 Å².